The summed E-state index contributed by atoms with van der Waals surface area (Å²) in [4.78, 5) is 2.55. The molecule has 0 aliphatic carbocycles. The predicted octanol–water partition coefficient (Wildman–Crippen LogP) is 3.30. The van der Waals surface area contributed by atoms with Crippen LogP contribution < -0.4 is 5.73 Å². The lowest BCUT2D eigenvalue weighted by molar-refractivity contribution is 0.167. The fourth-order valence-electron chi connectivity index (χ4n) is 2.83. The summed E-state index contributed by atoms with van der Waals surface area (Å²) in [5, 5.41) is 0. The average Bonchev–Trinajstić information content (AvgIpc) is 2.41. The van der Waals surface area contributed by atoms with Crippen molar-refractivity contribution in [3.8, 4) is 0 Å². The molecule has 2 heteroatoms. The van der Waals surface area contributed by atoms with Gasteiger partial charge in [-0.05, 0) is 43.0 Å². The molecule has 0 saturated carbocycles. The van der Waals surface area contributed by atoms with Gasteiger partial charge in [0, 0.05) is 12.6 Å². The molecule has 100 valence electrons. The molecule has 1 aliphatic rings. The van der Waals surface area contributed by atoms with Crippen molar-refractivity contribution in [2.24, 2.45) is 5.73 Å². The van der Waals surface area contributed by atoms with E-state index in [1.165, 1.54) is 43.5 Å². The van der Waals surface area contributed by atoms with Crippen LogP contribution in [0.5, 0.6) is 0 Å². The molecular weight excluding hydrogens is 220 g/mol. The zero-order valence-electron chi connectivity index (χ0n) is 11.7. The van der Waals surface area contributed by atoms with Crippen LogP contribution in [-0.2, 0) is 0 Å². The molecule has 18 heavy (non-hydrogen) atoms. The van der Waals surface area contributed by atoms with Crippen LogP contribution in [0.3, 0.4) is 0 Å². The molecule has 2 nitrogen and oxygen atoms in total. The maximum Gasteiger partial charge on any atom is 0.0470 e. The normalized spacial score (nSPS) is 19.1. The maximum absolute atomic E-state index is 5.99. The molecule has 1 fully saturated rings. The van der Waals surface area contributed by atoms with Gasteiger partial charge in [0.05, 0.1) is 0 Å². The third-order valence-electron chi connectivity index (χ3n) is 4.04. The number of benzene rings is 1. The van der Waals surface area contributed by atoms with Gasteiger partial charge in [0.1, 0.15) is 0 Å². The Morgan fingerprint density at radius 2 is 1.56 bits per heavy atom. The van der Waals surface area contributed by atoms with Crippen molar-refractivity contribution < 1.29 is 0 Å². The highest BCUT2D eigenvalue weighted by molar-refractivity contribution is 5.27. The first-order chi connectivity index (χ1) is 8.72. The fourth-order valence-corrected chi connectivity index (χ4v) is 2.83. The molecule has 1 saturated heterocycles. The minimum atomic E-state index is 0.409. The number of rotatable bonds is 4. The summed E-state index contributed by atoms with van der Waals surface area (Å²) >= 11 is 0. The summed E-state index contributed by atoms with van der Waals surface area (Å²) < 4.78 is 0. The highest BCUT2D eigenvalue weighted by Gasteiger charge is 2.20. The Balaban J connectivity index is 2.11. The van der Waals surface area contributed by atoms with Crippen LogP contribution in [-0.4, -0.2) is 24.5 Å². The van der Waals surface area contributed by atoms with Crippen molar-refractivity contribution >= 4 is 0 Å². The Kier molecular flexibility index (Phi) is 4.79. The Morgan fingerprint density at radius 3 is 2.06 bits per heavy atom. The molecular formula is C16H26N2. The van der Waals surface area contributed by atoms with E-state index in [1.807, 2.05) is 0 Å². The highest BCUT2D eigenvalue weighted by atomic mass is 15.2. The van der Waals surface area contributed by atoms with E-state index in [-0.39, 0.29) is 0 Å². The highest BCUT2D eigenvalue weighted by Crippen LogP contribution is 2.25. The van der Waals surface area contributed by atoms with Crippen LogP contribution >= 0.6 is 0 Å². The van der Waals surface area contributed by atoms with E-state index in [4.69, 9.17) is 5.73 Å². The molecule has 0 amide bonds. The topological polar surface area (TPSA) is 29.3 Å². The van der Waals surface area contributed by atoms with Crippen molar-refractivity contribution in [2.75, 3.05) is 19.6 Å². The zero-order valence-corrected chi connectivity index (χ0v) is 11.7. The SMILES string of the molecule is CC(C)c1ccc(C(CN)N2CCCCC2)cc1. The van der Waals surface area contributed by atoms with E-state index in [1.54, 1.807) is 0 Å². The number of hydrogen-bond donors (Lipinski definition) is 1. The first kappa shape index (κ1) is 13.6. The molecule has 0 spiro atoms. The molecule has 1 aliphatic heterocycles. The number of likely N-dealkylation sites (tertiary alicyclic amines) is 1. The Labute approximate surface area is 111 Å². The van der Waals surface area contributed by atoms with Gasteiger partial charge in [-0.25, -0.2) is 0 Å². The van der Waals surface area contributed by atoms with E-state index in [0.717, 1.165) is 6.54 Å². The van der Waals surface area contributed by atoms with Gasteiger partial charge in [-0.1, -0.05) is 44.5 Å². The summed E-state index contributed by atoms with van der Waals surface area (Å²) in [6, 6.07) is 9.45. The second-order valence-electron chi connectivity index (χ2n) is 5.67. The first-order valence-electron chi connectivity index (χ1n) is 7.26. The minimum absolute atomic E-state index is 0.409. The minimum Gasteiger partial charge on any atom is -0.329 e. The molecule has 1 unspecified atom stereocenters. The van der Waals surface area contributed by atoms with Crippen molar-refractivity contribution in [2.45, 2.75) is 45.1 Å². The van der Waals surface area contributed by atoms with E-state index >= 15 is 0 Å². The molecule has 1 heterocycles. The third-order valence-corrected chi connectivity index (χ3v) is 4.04. The lowest BCUT2D eigenvalue weighted by Gasteiger charge is -2.34. The summed E-state index contributed by atoms with van der Waals surface area (Å²) in [6.07, 6.45) is 4.02. The van der Waals surface area contributed by atoms with E-state index in [2.05, 4.69) is 43.0 Å². The summed E-state index contributed by atoms with van der Waals surface area (Å²) in [7, 11) is 0. The van der Waals surface area contributed by atoms with E-state index < -0.39 is 0 Å². The Hall–Kier alpha value is -0.860. The van der Waals surface area contributed by atoms with Crippen molar-refractivity contribution in [3.05, 3.63) is 35.4 Å². The van der Waals surface area contributed by atoms with Crippen molar-refractivity contribution in [1.82, 2.24) is 4.90 Å². The summed E-state index contributed by atoms with van der Waals surface area (Å²) in [5.41, 5.74) is 8.78. The second kappa shape index (κ2) is 6.35. The molecule has 1 atom stereocenters. The summed E-state index contributed by atoms with van der Waals surface area (Å²) in [6.45, 7) is 7.60. The maximum atomic E-state index is 5.99. The quantitative estimate of drug-likeness (QED) is 0.883. The van der Waals surface area contributed by atoms with Gasteiger partial charge in [0.15, 0.2) is 0 Å². The lowest BCUT2D eigenvalue weighted by Crippen LogP contribution is -2.37. The largest absolute Gasteiger partial charge is 0.329 e. The molecule has 1 aromatic rings. The van der Waals surface area contributed by atoms with Crippen LogP contribution in [0, 0.1) is 0 Å². The Bertz CT molecular complexity index is 350. The van der Waals surface area contributed by atoms with Gasteiger partial charge >= 0.3 is 0 Å². The second-order valence-corrected chi connectivity index (χ2v) is 5.67. The smallest absolute Gasteiger partial charge is 0.0470 e. The van der Waals surface area contributed by atoms with Crippen LogP contribution in [0.1, 0.15) is 56.2 Å². The monoisotopic (exact) mass is 246 g/mol. The predicted molar refractivity (Wildman–Crippen MR) is 77.8 cm³/mol. The van der Waals surface area contributed by atoms with Crippen LogP contribution in [0.25, 0.3) is 0 Å². The van der Waals surface area contributed by atoms with Crippen LogP contribution in [0.2, 0.25) is 0 Å². The van der Waals surface area contributed by atoms with Crippen LogP contribution in [0.15, 0.2) is 24.3 Å². The van der Waals surface area contributed by atoms with Crippen molar-refractivity contribution in [1.29, 1.82) is 0 Å². The zero-order chi connectivity index (χ0) is 13.0. The van der Waals surface area contributed by atoms with E-state index in [9.17, 15) is 0 Å². The fraction of sp³-hybridized carbons (Fsp3) is 0.625. The van der Waals surface area contributed by atoms with Gasteiger partial charge in [0.2, 0.25) is 0 Å². The number of nitrogens with zero attached hydrogens (tertiary/aromatic N) is 1. The van der Waals surface area contributed by atoms with Gasteiger partial charge < -0.3 is 5.73 Å². The van der Waals surface area contributed by atoms with Gasteiger partial charge in [-0.15, -0.1) is 0 Å². The van der Waals surface area contributed by atoms with Crippen molar-refractivity contribution in [3.63, 3.8) is 0 Å². The lowest BCUT2D eigenvalue weighted by atomic mass is 9.97. The number of hydrogen-bond acceptors (Lipinski definition) is 2. The van der Waals surface area contributed by atoms with E-state index in [0.29, 0.717) is 12.0 Å². The molecule has 0 aromatic heterocycles. The summed E-state index contributed by atoms with van der Waals surface area (Å²) in [5.74, 6) is 0.602. The molecule has 0 bridgehead atoms. The van der Waals surface area contributed by atoms with Gasteiger partial charge in [-0.3, -0.25) is 4.90 Å². The van der Waals surface area contributed by atoms with Gasteiger partial charge in [-0.2, -0.15) is 0 Å². The third kappa shape index (κ3) is 3.12. The number of nitrogens with two attached hydrogens (primary N) is 1. The van der Waals surface area contributed by atoms with Crippen LogP contribution in [0.4, 0.5) is 0 Å². The Morgan fingerprint density at radius 1 is 1.00 bits per heavy atom. The molecule has 1 aromatic carbocycles. The molecule has 0 radical (unpaired) electrons. The molecule has 2 rings (SSSR count). The number of piperidine rings is 1. The van der Waals surface area contributed by atoms with Gasteiger partial charge in [0.25, 0.3) is 0 Å². The molecule has 2 N–H and O–H groups in total. The standard InChI is InChI=1S/C16H26N2/c1-13(2)14-6-8-15(9-7-14)16(12-17)18-10-4-3-5-11-18/h6-9,13,16H,3-5,10-12,17H2,1-2H3. The first-order valence-corrected chi connectivity index (χ1v) is 7.26. The average molecular weight is 246 g/mol.